The number of unbranched alkanes of at least 4 members (excludes halogenated alkanes) is 3. The number of ether oxygens (including phenoxy) is 1. The zero-order chi connectivity index (χ0) is 15.8. The number of rotatable bonds is 8. The van der Waals surface area contributed by atoms with E-state index < -0.39 is 0 Å². The lowest BCUT2D eigenvalue weighted by Crippen LogP contribution is -1.98. The fraction of sp³-hybridized carbons (Fsp3) is 0.333. The fourth-order valence-corrected chi connectivity index (χ4v) is 2.15. The molecular weight excluding hydrogens is 281 g/mol. The number of carbonyl (C=O) groups excluding carboxylic acids is 1. The van der Waals surface area contributed by atoms with E-state index in [2.05, 4.69) is 11.9 Å². The van der Waals surface area contributed by atoms with Crippen LogP contribution in [0.1, 0.15) is 43.0 Å². The van der Waals surface area contributed by atoms with Gasteiger partial charge in [-0.25, -0.2) is 4.39 Å². The minimum absolute atomic E-state index is 0.377. The van der Waals surface area contributed by atoms with E-state index in [4.69, 9.17) is 4.74 Å². The third kappa shape index (κ3) is 4.38. The summed E-state index contributed by atoms with van der Waals surface area (Å²) in [5.41, 5.74) is 1.37. The molecule has 0 saturated carbocycles. The third-order valence-electron chi connectivity index (χ3n) is 3.41. The monoisotopic (exact) mass is 301 g/mol. The van der Waals surface area contributed by atoms with Crippen LogP contribution in [0.2, 0.25) is 0 Å². The minimum atomic E-state index is -0.377. The first kappa shape index (κ1) is 16.1. The summed E-state index contributed by atoms with van der Waals surface area (Å²) in [6.45, 7) is 2.76. The topological polar surface area (TPSA) is 39.2 Å². The Balaban J connectivity index is 2.00. The average molecular weight is 301 g/mol. The second-order valence-electron chi connectivity index (χ2n) is 5.15. The second-order valence-corrected chi connectivity index (χ2v) is 5.15. The van der Waals surface area contributed by atoms with Gasteiger partial charge in [0.15, 0.2) is 6.29 Å². The van der Waals surface area contributed by atoms with Crippen LogP contribution in [-0.4, -0.2) is 17.9 Å². The van der Waals surface area contributed by atoms with Crippen LogP contribution in [0, 0.1) is 5.82 Å². The van der Waals surface area contributed by atoms with Gasteiger partial charge in [0.2, 0.25) is 0 Å². The second kappa shape index (κ2) is 8.27. The molecule has 4 heteroatoms. The Morgan fingerprint density at radius 1 is 1.18 bits per heavy atom. The van der Waals surface area contributed by atoms with Crippen LogP contribution < -0.4 is 4.74 Å². The van der Waals surface area contributed by atoms with Crippen LogP contribution in [-0.2, 0) is 0 Å². The van der Waals surface area contributed by atoms with E-state index in [1.165, 1.54) is 25.1 Å². The zero-order valence-electron chi connectivity index (χ0n) is 12.7. The predicted molar refractivity (Wildman–Crippen MR) is 84.7 cm³/mol. The van der Waals surface area contributed by atoms with E-state index in [0.717, 1.165) is 12.8 Å². The molecule has 1 aromatic heterocycles. The van der Waals surface area contributed by atoms with Crippen molar-refractivity contribution in [1.29, 1.82) is 0 Å². The molecule has 22 heavy (non-hydrogen) atoms. The SMILES string of the molecule is CCCCCCOc1ccc(-c2ccc(C=O)cn2)c(F)c1. The zero-order valence-corrected chi connectivity index (χ0v) is 12.7. The maximum absolute atomic E-state index is 14.2. The molecule has 1 aromatic carbocycles. The lowest BCUT2D eigenvalue weighted by atomic mass is 10.1. The first-order chi connectivity index (χ1) is 10.7. The third-order valence-corrected chi connectivity index (χ3v) is 3.41. The molecule has 0 radical (unpaired) electrons. The lowest BCUT2D eigenvalue weighted by molar-refractivity contribution is 0.112. The summed E-state index contributed by atoms with van der Waals surface area (Å²) in [5.74, 6) is 0.152. The number of aromatic nitrogens is 1. The van der Waals surface area contributed by atoms with Crippen molar-refractivity contribution in [2.24, 2.45) is 0 Å². The molecule has 0 aliphatic heterocycles. The van der Waals surface area contributed by atoms with E-state index in [9.17, 15) is 9.18 Å². The highest BCUT2D eigenvalue weighted by molar-refractivity contribution is 5.75. The number of pyridine rings is 1. The van der Waals surface area contributed by atoms with Crippen molar-refractivity contribution in [3.8, 4) is 17.0 Å². The van der Waals surface area contributed by atoms with Gasteiger partial charge in [-0.1, -0.05) is 26.2 Å². The quantitative estimate of drug-likeness (QED) is 0.526. The summed E-state index contributed by atoms with van der Waals surface area (Å²) in [6.07, 6.45) is 6.62. The normalized spacial score (nSPS) is 10.5. The molecule has 0 N–H and O–H groups in total. The van der Waals surface area contributed by atoms with E-state index >= 15 is 0 Å². The average Bonchev–Trinajstić information content (AvgIpc) is 2.55. The first-order valence-electron chi connectivity index (χ1n) is 7.58. The number of nitrogens with zero attached hydrogens (tertiary/aromatic N) is 1. The van der Waals surface area contributed by atoms with Crippen LogP contribution in [0.3, 0.4) is 0 Å². The molecule has 0 aliphatic rings. The summed E-state index contributed by atoms with van der Waals surface area (Å²) in [7, 11) is 0. The summed E-state index contributed by atoms with van der Waals surface area (Å²) in [6, 6.07) is 8.03. The number of halogens is 1. The molecule has 0 saturated heterocycles. The van der Waals surface area contributed by atoms with Crippen molar-refractivity contribution >= 4 is 6.29 Å². The van der Waals surface area contributed by atoms with Crippen molar-refractivity contribution < 1.29 is 13.9 Å². The van der Waals surface area contributed by atoms with Crippen LogP contribution in [0.4, 0.5) is 4.39 Å². The van der Waals surface area contributed by atoms with Gasteiger partial charge in [0.05, 0.1) is 12.3 Å². The highest BCUT2D eigenvalue weighted by Gasteiger charge is 2.08. The van der Waals surface area contributed by atoms with Gasteiger partial charge in [-0.2, -0.15) is 0 Å². The summed E-state index contributed by atoms with van der Waals surface area (Å²) >= 11 is 0. The van der Waals surface area contributed by atoms with Gasteiger partial charge in [-0.15, -0.1) is 0 Å². The van der Waals surface area contributed by atoms with Gasteiger partial charge in [0.25, 0.3) is 0 Å². The molecule has 0 aliphatic carbocycles. The minimum Gasteiger partial charge on any atom is -0.493 e. The van der Waals surface area contributed by atoms with Crippen molar-refractivity contribution in [3.63, 3.8) is 0 Å². The highest BCUT2D eigenvalue weighted by atomic mass is 19.1. The van der Waals surface area contributed by atoms with Crippen LogP contribution in [0.5, 0.6) is 5.75 Å². The van der Waals surface area contributed by atoms with Gasteiger partial charge < -0.3 is 4.74 Å². The Bertz CT molecular complexity index is 611. The Kier molecular flexibility index (Phi) is 6.07. The molecule has 0 bridgehead atoms. The maximum Gasteiger partial charge on any atom is 0.151 e. The van der Waals surface area contributed by atoms with E-state index in [1.54, 1.807) is 24.3 Å². The van der Waals surface area contributed by atoms with E-state index in [-0.39, 0.29) is 5.82 Å². The Hall–Kier alpha value is -2.23. The Morgan fingerprint density at radius 2 is 2.05 bits per heavy atom. The van der Waals surface area contributed by atoms with Crippen molar-refractivity contribution in [2.75, 3.05) is 6.61 Å². The summed E-state index contributed by atoms with van der Waals surface area (Å²) < 4.78 is 19.7. The molecule has 0 amide bonds. The molecule has 2 rings (SSSR count). The fourth-order valence-electron chi connectivity index (χ4n) is 2.15. The molecule has 0 atom stereocenters. The van der Waals surface area contributed by atoms with Crippen molar-refractivity contribution in [1.82, 2.24) is 4.98 Å². The maximum atomic E-state index is 14.2. The Morgan fingerprint density at radius 3 is 2.68 bits per heavy atom. The predicted octanol–water partition coefficient (Wildman–Crippen LogP) is 4.66. The lowest BCUT2D eigenvalue weighted by Gasteiger charge is -2.08. The molecule has 0 spiro atoms. The largest absolute Gasteiger partial charge is 0.493 e. The van der Waals surface area contributed by atoms with Crippen molar-refractivity contribution in [3.05, 3.63) is 47.9 Å². The first-order valence-corrected chi connectivity index (χ1v) is 7.58. The molecule has 116 valence electrons. The molecule has 0 unspecified atom stereocenters. The van der Waals surface area contributed by atoms with Crippen LogP contribution in [0.15, 0.2) is 36.5 Å². The molecule has 2 aromatic rings. The highest BCUT2D eigenvalue weighted by Crippen LogP contribution is 2.25. The number of carbonyl (C=O) groups is 1. The number of hydrogen-bond donors (Lipinski definition) is 0. The van der Waals surface area contributed by atoms with Crippen LogP contribution in [0.25, 0.3) is 11.3 Å². The van der Waals surface area contributed by atoms with E-state index in [1.807, 2.05) is 0 Å². The van der Waals surface area contributed by atoms with Gasteiger partial charge in [0, 0.05) is 23.4 Å². The number of hydrogen-bond acceptors (Lipinski definition) is 3. The van der Waals surface area contributed by atoms with Gasteiger partial charge in [-0.05, 0) is 30.7 Å². The standard InChI is InChI=1S/C18H20FNO2/c1-2-3-4-5-10-22-15-7-8-16(17(19)11-15)18-9-6-14(13-21)12-20-18/h6-9,11-13H,2-5,10H2,1H3. The molecular formula is C18H20FNO2. The van der Waals surface area contributed by atoms with Crippen molar-refractivity contribution in [2.45, 2.75) is 32.6 Å². The molecule has 1 heterocycles. The molecule has 3 nitrogen and oxygen atoms in total. The van der Waals surface area contributed by atoms with E-state index in [0.29, 0.717) is 35.5 Å². The van der Waals surface area contributed by atoms with Gasteiger partial charge in [-0.3, -0.25) is 9.78 Å². The number of aldehydes is 1. The Labute approximate surface area is 130 Å². The molecule has 0 fully saturated rings. The van der Waals surface area contributed by atoms with Gasteiger partial charge in [0.1, 0.15) is 11.6 Å². The summed E-state index contributed by atoms with van der Waals surface area (Å²) in [5, 5.41) is 0. The number of benzene rings is 1. The smallest absolute Gasteiger partial charge is 0.151 e. The van der Waals surface area contributed by atoms with Crippen LogP contribution >= 0.6 is 0 Å². The summed E-state index contributed by atoms with van der Waals surface area (Å²) in [4.78, 5) is 14.7. The van der Waals surface area contributed by atoms with Gasteiger partial charge >= 0.3 is 0 Å².